The Morgan fingerprint density at radius 1 is 1.06 bits per heavy atom. The van der Waals surface area contributed by atoms with E-state index in [2.05, 4.69) is 4.99 Å². The number of aliphatic hydroxyl groups is 1. The van der Waals surface area contributed by atoms with Gasteiger partial charge in [0.2, 0.25) is 5.78 Å². The lowest BCUT2D eigenvalue weighted by Gasteiger charge is -2.24. The van der Waals surface area contributed by atoms with Crippen molar-refractivity contribution < 1.29 is 9.90 Å². The molecular weight excluding hydrogens is 214 g/mol. The van der Waals surface area contributed by atoms with Crippen LogP contribution in [0.3, 0.4) is 0 Å². The van der Waals surface area contributed by atoms with E-state index in [9.17, 15) is 9.90 Å². The second-order valence-corrected chi connectivity index (χ2v) is 6.38. The van der Waals surface area contributed by atoms with E-state index < -0.39 is 5.78 Å². The fourth-order valence-corrected chi connectivity index (χ4v) is 1.48. The number of rotatable bonds is 0. The molecule has 0 atom stereocenters. The minimum atomic E-state index is -0.395. The summed E-state index contributed by atoms with van der Waals surface area (Å²) >= 11 is 0. The molecule has 0 aromatic carbocycles. The fraction of sp³-hybridized carbons (Fsp3) is 0.571. The molecule has 0 saturated heterocycles. The van der Waals surface area contributed by atoms with Crippen molar-refractivity contribution >= 4 is 11.5 Å². The van der Waals surface area contributed by atoms with E-state index in [1.165, 1.54) is 6.08 Å². The Hall–Kier alpha value is -1.38. The molecule has 17 heavy (non-hydrogen) atoms. The number of carbonyl (C=O) groups is 1. The average Bonchev–Trinajstić information content (AvgIpc) is 2.08. The highest BCUT2D eigenvalue weighted by Gasteiger charge is 2.26. The Labute approximate surface area is 103 Å². The van der Waals surface area contributed by atoms with Crippen LogP contribution in [0.15, 0.2) is 28.5 Å². The standard InChI is InChI=1S/C14H21NO2/c1-13(2,3)9-7-10(15-14(4,5)6)12(17)11(16)8-9/h7-8,16H,1-6H3/b15-10+. The van der Waals surface area contributed by atoms with Gasteiger partial charge in [0, 0.05) is 0 Å². The van der Waals surface area contributed by atoms with Crippen LogP contribution in [0.4, 0.5) is 0 Å². The maximum absolute atomic E-state index is 11.8. The van der Waals surface area contributed by atoms with Crippen molar-refractivity contribution in [3.8, 4) is 0 Å². The fourth-order valence-electron chi connectivity index (χ4n) is 1.48. The number of aliphatic hydroxyl groups excluding tert-OH is 1. The number of hydrogen-bond acceptors (Lipinski definition) is 3. The summed E-state index contributed by atoms with van der Waals surface area (Å²) in [5.41, 5.74) is 0.801. The van der Waals surface area contributed by atoms with Crippen LogP contribution < -0.4 is 0 Å². The molecular formula is C14H21NO2. The van der Waals surface area contributed by atoms with Crippen molar-refractivity contribution in [1.82, 2.24) is 0 Å². The SMILES string of the molecule is CC(C)(C)/N=C1\C=C(C(C)(C)C)C=C(O)C1=O. The maximum Gasteiger partial charge on any atom is 0.245 e. The molecule has 3 heteroatoms. The molecule has 0 saturated carbocycles. The zero-order valence-corrected chi connectivity index (χ0v) is 11.5. The second-order valence-electron chi connectivity index (χ2n) is 6.38. The highest BCUT2D eigenvalue weighted by Crippen LogP contribution is 2.29. The normalized spacial score (nSPS) is 20.4. The first-order valence-corrected chi connectivity index (χ1v) is 5.78. The summed E-state index contributed by atoms with van der Waals surface area (Å²) in [6.45, 7) is 11.9. The van der Waals surface area contributed by atoms with Gasteiger partial charge in [0.15, 0.2) is 5.76 Å². The summed E-state index contributed by atoms with van der Waals surface area (Å²) in [5, 5.41) is 9.67. The van der Waals surface area contributed by atoms with Crippen molar-refractivity contribution in [2.24, 2.45) is 10.4 Å². The van der Waals surface area contributed by atoms with Gasteiger partial charge < -0.3 is 5.11 Å². The molecule has 0 radical (unpaired) electrons. The van der Waals surface area contributed by atoms with Gasteiger partial charge in [0.1, 0.15) is 5.71 Å². The monoisotopic (exact) mass is 235 g/mol. The summed E-state index contributed by atoms with van der Waals surface area (Å²) in [4.78, 5) is 16.1. The Morgan fingerprint density at radius 2 is 1.59 bits per heavy atom. The van der Waals surface area contributed by atoms with Crippen molar-refractivity contribution in [3.05, 3.63) is 23.5 Å². The topological polar surface area (TPSA) is 49.7 Å². The number of nitrogens with zero attached hydrogens (tertiary/aromatic N) is 1. The number of allylic oxidation sites excluding steroid dienone is 4. The molecule has 0 fully saturated rings. The molecule has 94 valence electrons. The lowest BCUT2D eigenvalue weighted by atomic mass is 9.82. The van der Waals surface area contributed by atoms with Gasteiger partial charge >= 0.3 is 0 Å². The number of hydrogen-bond donors (Lipinski definition) is 1. The van der Waals surface area contributed by atoms with Crippen LogP contribution >= 0.6 is 0 Å². The Morgan fingerprint density at radius 3 is 2.00 bits per heavy atom. The van der Waals surface area contributed by atoms with Crippen molar-refractivity contribution in [3.63, 3.8) is 0 Å². The van der Waals surface area contributed by atoms with Crippen LogP contribution in [0, 0.1) is 5.41 Å². The lowest BCUT2D eigenvalue weighted by Crippen LogP contribution is -2.25. The van der Waals surface area contributed by atoms with Gasteiger partial charge in [-0.25, -0.2) is 0 Å². The van der Waals surface area contributed by atoms with Gasteiger partial charge in [0.05, 0.1) is 5.54 Å². The van der Waals surface area contributed by atoms with Crippen LogP contribution in [-0.4, -0.2) is 22.1 Å². The molecule has 0 aliphatic heterocycles. The van der Waals surface area contributed by atoms with Gasteiger partial charge in [-0.1, -0.05) is 20.8 Å². The molecule has 1 aliphatic rings. The van der Waals surface area contributed by atoms with E-state index in [1.807, 2.05) is 41.5 Å². The molecule has 0 unspecified atom stereocenters. The van der Waals surface area contributed by atoms with Gasteiger partial charge in [-0.05, 0) is 43.9 Å². The van der Waals surface area contributed by atoms with Gasteiger partial charge in [-0.2, -0.15) is 0 Å². The molecule has 0 spiro atoms. The Balaban J connectivity index is 3.26. The average molecular weight is 235 g/mol. The van der Waals surface area contributed by atoms with E-state index in [-0.39, 0.29) is 16.7 Å². The Bertz CT molecular complexity index is 426. The Kier molecular flexibility index (Phi) is 3.33. The number of carbonyl (C=O) groups excluding carboxylic acids is 1. The zero-order valence-electron chi connectivity index (χ0n) is 11.5. The first kappa shape index (κ1) is 13.7. The predicted molar refractivity (Wildman–Crippen MR) is 70.4 cm³/mol. The molecule has 0 aromatic rings. The largest absolute Gasteiger partial charge is 0.504 e. The number of ketones is 1. The molecule has 0 amide bonds. The maximum atomic E-state index is 11.8. The van der Waals surface area contributed by atoms with Crippen LogP contribution in [0.5, 0.6) is 0 Å². The third kappa shape index (κ3) is 3.55. The minimum Gasteiger partial charge on any atom is -0.504 e. The van der Waals surface area contributed by atoms with E-state index in [4.69, 9.17) is 0 Å². The van der Waals surface area contributed by atoms with Gasteiger partial charge in [-0.15, -0.1) is 0 Å². The van der Waals surface area contributed by atoms with E-state index in [1.54, 1.807) is 6.08 Å². The predicted octanol–water partition coefficient (Wildman–Crippen LogP) is 3.22. The zero-order chi connectivity index (χ0) is 13.4. The molecule has 1 rings (SSSR count). The van der Waals surface area contributed by atoms with Crippen LogP contribution in [0.1, 0.15) is 41.5 Å². The quantitative estimate of drug-likeness (QED) is 0.655. The second kappa shape index (κ2) is 4.13. The van der Waals surface area contributed by atoms with Crippen molar-refractivity contribution in [2.75, 3.05) is 0 Å². The lowest BCUT2D eigenvalue weighted by molar-refractivity contribution is -0.112. The highest BCUT2D eigenvalue weighted by atomic mass is 16.3. The molecule has 1 aliphatic carbocycles. The summed E-state index contributed by atoms with van der Waals surface area (Å²) in [6.07, 6.45) is 3.30. The highest BCUT2D eigenvalue weighted by molar-refractivity contribution is 6.50. The smallest absolute Gasteiger partial charge is 0.245 e. The summed E-state index contributed by atoms with van der Waals surface area (Å²) in [5.74, 6) is -0.617. The first-order chi connectivity index (χ1) is 7.50. The van der Waals surface area contributed by atoms with Crippen LogP contribution in [0.25, 0.3) is 0 Å². The van der Waals surface area contributed by atoms with Crippen LogP contribution in [-0.2, 0) is 4.79 Å². The van der Waals surface area contributed by atoms with Crippen molar-refractivity contribution in [1.29, 1.82) is 0 Å². The van der Waals surface area contributed by atoms with Crippen LogP contribution in [0.2, 0.25) is 0 Å². The third-order valence-corrected chi connectivity index (χ3v) is 2.37. The number of Topliss-reactive ketones (excluding diaryl/α,β-unsaturated/α-hetero) is 1. The molecule has 3 nitrogen and oxygen atoms in total. The molecule has 1 N–H and O–H groups in total. The molecule has 0 heterocycles. The van der Waals surface area contributed by atoms with Gasteiger partial charge in [-0.3, -0.25) is 9.79 Å². The van der Waals surface area contributed by atoms with E-state index in [0.717, 1.165) is 5.57 Å². The molecule has 0 aromatic heterocycles. The minimum absolute atomic E-state index is 0.118. The summed E-state index contributed by atoms with van der Waals surface area (Å²) in [6, 6.07) is 0. The summed E-state index contributed by atoms with van der Waals surface area (Å²) in [7, 11) is 0. The van der Waals surface area contributed by atoms with Crippen molar-refractivity contribution in [2.45, 2.75) is 47.1 Å². The summed E-state index contributed by atoms with van der Waals surface area (Å²) < 4.78 is 0. The first-order valence-electron chi connectivity index (χ1n) is 5.78. The third-order valence-electron chi connectivity index (χ3n) is 2.37. The van der Waals surface area contributed by atoms with E-state index >= 15 is 0 Å². The number of aliphatic imine (C=N–C) groups is 1. The van der Waals surface area contributed by atoms with Gasteiger partial charge in [0.25, 0.3) is 0 Å². The molecule has 0 bridgehead atoms. The van der Waals surface area contributed by atoms with E-state index in [0.29, 0.717) is 5.71 Å².